The molecule has 1 aliphatic rings. The molecule has 0 radical (unpaired) electrons. The molecular formula is C13H18FNO2. The van der Waals surface area contributed by atoms with Crippen LogP contribution in [0.4, 0.5) is 4.39 Å². The van der Waals surface area contributed by atoms with Crippen LogP contribution >= 0.6 is 0 Å². The van der Waals surface area contributed by atoms with E-state index in [0.29, 0.717) is 17.1 Å². The maximum atomic E-state index is 14.1. The van der Waals surface area contributed by atoms with Crippen molar-refractivity contribution in [3.63, 3.8) is 0 Å². The van der Waals surface area contributed by atoms with Gasteiger partial charge in [-0.1, -0.05) is 0 Å². The first-order valence-corrected chi connectivity index (χ1v) is 5.72. The van der Waals surface area contributed by atoms with Crippen LogP contribution in [-0.2, 0) is 5.41 Å². The predicted molar refractivity (Wildman–Crippen MR) is 64.1 cm³/mol. The lowest BCUT2D eigenvalue weighted by molar-refractivity contribution is 0.350. The summed E-state index contributed by atoms with van der Waals surface area (Å²) in [7, 11) is 3.04. The van der Waals surface area contributed by atoms with E-state index in [1.54, 1.807) is 13.2 Å². The lowest BCUT2D eigenvalue weighted by Gasteiger charge is -2.22. The molecule has 0 amide bonds. The third-order valence-electron chi connectivity index (χ3n) is 3.67. The number of nitrogens with two attached hydrogens (primary N) is 1. The van der Waals surface area contributed by atoms with Crippen molar-refractivity contribution >= 4 is 0 Å². The van der Waals surface area contributed by atoms with Gasteiger partial charge in [-0.05, 0) is 31.4 Å². The van der Waals surface area contributed by atoms with Gasteiger partial charge in [0.25, 0.3) is 0 Å². The second-order valence-corrected chi connectivity index (χ2v) is 4.63. The molecule has 0 saturated heterocycles. The zero-order chi connectivity index (χ0) is 12.6. The van der Waals surface area contributed by atoms with Crippen LogP contribution in [0.2, 0.25) is 0 Å². The highest BCUT2D eigenvalue weighted by molar-refractivity contribution is 5.48. The lowest BCUT2D eigenvalue weighted by atomic mass is 9.89. The Labute approximate surface area is 101 Å². The van der Waals surface area contributed by atoms with Gasteiger partial charge < -0.3 is 15.2 Å². The molecule has 0 aliphatic heterocycles. The van der Waals surface area contributed by atoms with Crippen molar-refractivity contribution in [3.05, 3.63) is 23.5 Å². The summed E-state index contributed by atoms with van der Waals surface area (Å²) in [4.78, 5) is 0. The Hall–Kier alpha value is -1.29. The summed E-state index contributed by atoms with van der Waals surface area (Å²) in [5, 5.41) is 0. The smallest absolute Gasteiger partial charge is 0.163 e. The topological polar surface area (TPSA) is 44.5 Å². The van der Waals surface area contributed by atoms with Crippen molar-refractivity contribution < 1.29 is 13.9 Å². The fourth-order valence-corrected chi connectivity index (χ4v) is 2.34. The first kappa shape index (κ1) is 12.2. The molecule has 0 bridgehead atoms. The first-order valence-electron chi connectivity index (χ1n) is 5.72. The lowest BCUT2D eigenvalue weighted by Crippen LogP contribution is -2.32. The Kier molecular flexibility index (Phi) is 3.00. The molecule has 1 unspecified atom stereocenters. The van der Waals surface area contributed by atoms with Crippen molar-refractivity contribution in [2.45, 2.75) is 31.2 Å². The van der Waals surface area contributed by atoms with Gasteiger partial charge in [0.05, 0.1) is 14.2 Å². The Balaban J connectivity index is 2.49. The minimum absolute atomic E-state index is 0.0601. The van der Waals surface area contributed by atoms with Gasteiger partial charge in [0.1, 0.15) is 5.82 Å². The molecule has 1 fully saturated rings. The van der Waals surface area contributed by atoms with E-state index in [1.807, 2.05) is 6.92 Å². The molecule has 1 aromatic rings. The first-order chi connectivity index (χ1) is 8.05. The zero-order valence-electron chi connectivity index (χ0n) is 10.4. The average molecular weight is 239 g/mol. The van der Waals surface area contributed by atoms with Gasteiger partial charge in [-0.15, -0.1) is 0 Å². The molecule has 1 aliphatic carbocycles. The molecule has 0 aromatic heterocycles. The summed E-state index contributed by atoms with van der Waals surface area (Å²) < 4.78 is 24.3. The van der Waals surface area contributed by atoms with Gasteiger partial charge in [-0.25, -0.2) is 4.39 Å². The number of rotatable bonds is 4. The Bertz CT molecular complexity index is 428. The van der Waals surface area contributed by atoms with Crippen LogP contribution in [0, 0.1) is 5.82 Å². The summed E-state index contributed by atoms with van der Waals surface area (Å²) in [5.74, 6) is 0.697. The molecule has 4 heteroatoms. The predicted octanol–water partition coefficient (Wildman–Crippen LogP) is 2.22. The maximum Gasteiger partial charge on any atom is 0.163 e. The molecule has 3 nitrogen and oxygen atoms in total. The van der Waals surface area contributed by atoms with Crippen molar-refractivity contribution in [1.82, 2.24) is 0 Å². The van der Waals surface area contributed by atoms with Crippen LogP contribution in [0.15, 0.2) is 12.1 Å². The monoisotopic (exact) mass is 239 g/mol. The normalized spacial score (nSPS) is 18.6. The number of benzene rings is 1. The SMILES string of the molecule is COc1cc(F)c(C2(C(C)N)CC2)cc1OC. The van der Waals surface area contributed by atoms with E-state index in [4.69, 9.17) is 15.2 Å². The summed E-state index contributed by atoms with van der Waals surface area (Å²) in [6, 6.07) is 3.02. The standard InChI is InChI=1S/C13H18FNO2/c1-8(15)13(4-5-13)9-6-11(16-2)12(17-3)7-10(9)14/h6-8H,4-5,15H2,1-3H3. The van der Waals surface area contributed by atoms with E-state index >= 15 is 0 Å². The van der Waals surface area contributed by atoms with Gasteiger partial charge in [0, 0.05) is 17.5 Å². The van der Waals surface area contributed by atoms with Crippen LogP contribution in [-0.4, -0.2) is 20.3 Å². The van der Waals surface area contributed by atoms with Crippen LogP contribution in [0.25, 0.3) is 0 Å². The number of halogens is 1. The van der Waals surface area contributed by atoms with Crippen molar-refractivity contribution in [1.29, 1.82) is 0 Å². The maximum absolute atomic E-state index is 14.1. The van der Waals surface area contributed by atoms with Crippen LogP contribution < -0.4 is 15.2 Å². The van der Waals surface area contributed by atoms with Crippen molar-refractivity contribution in [2.24, 2.45) is 5.73 Å². The number of hydrogen-bond donors (Lipinski definition) is 1. The molecule has 94 valence electrons. The van der Waals surface area contributed by atoms with Crippen molar-refractivity contribution in [3.8, 4) is 11.5 Å². The molecule has 1 aromatic carbocycles. The average Bonchev–Trinajstić information content (AvgIpc) is 3.09. The molecule has 2 rings (SSSR count). The van der Waals surface area contributed by atoms with Crippen LogP contribution in [0.1, 0.15) is 25.3 Å². The summed E-state index contributed by atoms with van der Waals surface area (Å²) in [6.07, 6.45) is 1.86. The third kappa shape index (κ3) is 1.86. The van der Waals surface area contributed by atoms with Crippen molar-refractivity contribution in [2.75, 3.05) is 14.2 Å². The van der Waals surface area contributed by atoms with E-state index in [1.165, 1.54) is 13.2 Å². The van der Waals surface area contributed by atoms with Crippen LogP contribution in [0.5, 0.6) is 11.5 Å². The Morgan fingerprint density at radius 3 is 2.18 bits per heavy atom. The minimum Gasteiger partial charge on any atom is -0.493 e. The number of methoxy groups -OCH3 is 2. The molecular weight excluding hydrogens is 221 g/mol. The van der Waals surface area contributed by atoms with E-state index < -0.39 is 0 Å². The molecule has 1 saturated carbocycles. The van der Waals surface area contributed by atoms with E-state index in [-0.39, 0.29) is 17.3 Å². The Morgan fingerprint density at radius 1 is 1.24 bits per heavy atom. The second-order valence-electron chi connectivity index (χ2n) is 4.63. The van der Waals surface area contributed by atoms with Gasteiger partial charge in [0.2, 0.25) is 0 Å². The van der Waals surface area contributed by atoms with Gasteiger partial charge in [-0.3, -0.25) is 0 Å². The quantitative estimate of drug-likeness (QED) is 0.876. The Morgan fingerprint density at radius 2 is 1.76 bits per heavy atom. The molecule has 2 N–H and O–H groups in total. The molecule has 0 heterocycles. The van der Waals surface area contributed by atoms with Gasteiger partial charge in [-0.2, -0.15) is 0 Å². The highest BCUT2D eigenvalue weighted by Gasteiger charge is 2.49. The zero-order valence-corrected chi connectivity index (χ0v) is 10.4. The third-order valence-corrected chi connectivity index (χ3v) is 3.67. The fourth-order valence-electron chi connectivity index (χ4n) is 2.34. The van der Waals surface area contributed by atoms with Gasteiger partial charge in [0.15, 0.2) is 11.5 Å². The summed E-state index contributed by atoms with van der Waals surface area (Å²) in [5.41, 5.74) is 6.38. The molecule has 17 heavy (non-hydrogen) atoms. The highest BCUT2D eigenvalue weighted by atomic mass is 19.1. The highest BCUT2D eigenvalue weighted by Crippen LogP contribution is 2.52. The number of hydrogen-bond acceptors (Lipinski definition) is 3. The van der Waals surface area contributed by atoms with E-state index in [2.05, 4.69) is 0 Å². The molecule has 0 spiro atoms. The van der Waals surface area contributed by atoms with E-state index in [9.17, 15) is 4.39 Å². The van der Waals surface area contributed by atoms with Gasteiger partial charge >= 0.3 is 0 Å². The number of ether oxygens (including phenoxy) is 2. The minimum atomic E-state index is -0.266. The fraction of sp³-hybridized carbons (Fsp3) is 0.538. The molecule has 1 atom stereocenters. The summed E-state index contributed by atoms with van der Waals surface area (Å²) in [6.45, 7) is 1.92. The van der Waals surface area contributed by atoms with Crippen LogP contribution in [0.3, 0.4) is 0 Å². The largest absolute Gasteiger partial charge is 0.493 e. The second kappa shape index (κ2) is 4.18. The summed E-state index contributed by atoms with van der Waals surface area (Å²) >= 11 is 0. The van der Waals surface area contributed by atoms with E-state index in [0.717, 1.165) is 12.8 Å².